The summed E-state index contributed by atoms with van der Waals surface area (Å²) in [5, 5.41) is 5.79. The van der Waals surface area contributed by atoms with Crippen LogP contribution in [0.4, 0.5) is 0 Å². The quantitative estimate of drug-likeness (QED) is 0.397. The molecule has 154 valence electrons. The van der Waals surface area contributed by atoms with Crippen molar-refractivity contribution in [3.8, 4) is 16.3 Å². The van der Waals surface area contributed by atoms with E-state index in [1.165, 1.54) is 6.08 Å². The fourth-order valence-corrected chi connectivity index (χ4v) is 3.65. The van der Waals surface area contributed by atoms with Crippen molar-refractivity contribution >= 4 is 23.3 Å². The molecule has 0 radical (unpaired) electrons. The second-order valence-electron chi connectivity index (χ2n) is 6.74. The molecule has 0 saturated carbocycles. The highest BCUT2D eigenvalue weighted by Gasteiger charge is 2.05. The molecule has 4 rings (SSSR count). The minimum absolute atomic E-state index is 0.162. The van der Waals surface area contributed by atoms with E-state index >= 15 is 0 Å². The molecule has 0 unspecified atom stereocenters. The van der Waals surface area contributed by atoms with Gasteiger partial charge in [0.15, 0.2) is 0 Å². The van der Waals surface area contributed by atoms with E-state index in [9.17, 15) is 4.79 Å². The van der Waals surface area contributed by atoms with E-state index in [0.29, 0.717) is 13.2 Å². The summed E-state index contributed by atoms with van der Waals surface area (Å²) in [7, 11) is 0. The van der Waals surface area contributed by atoms with Gasteiger partial charge in [0.05, 0.1) is 17.9 Å². The highest BCUT2D eigenvalue weighted by Crippen LogP contribution is 2.23. The Bertz CT molecular complexity index is 1140. The molecule has 1 N–H and O–H groups in total. The first-order valence-corrected chi connectivity index (χ1v) is 10.7. The number of nitrogens with zero attached hydrogens (tertiary/aromatic N) is 2. The molecule has 6 heteroatoms. The van der Waals surface area contributed by atoms with Gasteiger partial charge in [-0.1, -0.05) is 48.5 Å². The van der Waals surface area contributed by atoms with E-state index in [2.05, 4.69) is 15.3 Å². The summed E-state index contributed by atoms with van der Waals surface area (Å²) in [6.07, 6.45) is 5.04. The first-order valence-electron chi connectivity index (χ1n) is 9.85. The van der Waals surface area contributed by atoms with Gasteiger partial charge in [-0.25, -0.2) is 4.98 Å². The average Bonchev–Trinajstić information content (AvgIpc) is 3.31. The highest BCUT2D eigenvalue weighted by molar-refractivity contribution is 7.13. The molecule has 0 bridgehead atoms. The predicted molar refractivity (Wildman–Crippen MR) is 123 cm³/mol. The Morgan fingerprint density at radius 1 is 0.968 bits per heavy atom. The minimum Gasteiger partial charge on any atom is -0.487 e. The van der Waals surface area contributed by atoms with E-state index < -0.39 is 0 Å². The van der Waals surface area contributed by atoms with E-state index in [0.717, 1.165) is 33.3 Å². The van der Waals surface area contributed by atoms with Gasteiger partial charge in [-0.2, -0.15) is 0 Å². The molecule has 2 aromatic heterocycles. The lowest BCUT2D eigenvalue weighted by Crippen LogP contribution is -2.20. The van der Waals surface area contributed by atoms with Gasteiger partial charge in [-0.15, -0.1) is 11.3 Å². The van der Waals surface area contributed by atoms with Crippen LogP contribution >= 0.6 is 11.3 Å². The van der Waals surface area contributed by atoms with Crippen molar-refractivity contribution in [2.24, 2.45) is 0 Å². The van der Waals surface area contributed by atoms with Crippen molar-refractivity contribution in [1.29, 1.82) is 0 Å². The summed E-state index contributed by atoms with van der Waals surface area (Å²) in [6.45, 7) is 0.813. The molecule has 2 aromatic carbocycles. The first kappa shape index (κ1) is 20.5. The zero-order chi connectivity index (χ0) is 21.3. The van der Waals surface area contributed by atoms with Crippen molar-refractivity contribution in [3.05, 3.63) is 107 Å². The number of carbonyl (C=O) groups is 1. The van der Waals surface area contributed by atoms with Crippen LogP contribution in [-0.4, -0.2) is 15.9 Å². The summed E-state index contributed by atoms with van der Waals surface area (Å²) >= 11 is 1.57. The Balaban J connectivity index is 1.25. The molecule has 5 nitrogen and oxygen atoms in total. The third kappa shape index (κ3) is 6.10. The lowest BCUT2D eigenvalue weighted by atomic mass is 10.2. The molecular weight excluding hydrogens is 406 g/mol. The molecule has 31 heavy (non-hydrogen) atoms. The third-order valence-corrected chi connectivity index (χ3v) is 5.38. The number of rotatable bonds is 8. The number of pyridine rings is 1. The topological polar surface area (TPSA) is 64.1 Å². The largest absolute Gasteiger partial charge is 0.487 e. The standard InChI is InChI=1S/C25H21N3O2S/c29-24(27-16-22-18-31-25(28-22)20-6-2-1-3-7-20)14-11-19-9-12-23(13-10-19)30-17-21-8-4-5-15-26-21/h1-15,18H,16-17H2,(H,27,29)/b14-11+. The smallest absolute Gasteiger partial charge is 0.244 e. The third-order valence-electron chi connectivity index (χ3n) is 4.44. The lowest BCUT2D eigenvalue weighted by molar-refractivity contribution is -0.116. The molecule has 0 aliphatic heterocycles. The van der Waals surface area contributed by atoms with Crippen LogP contribution in [0.1, 0.15) is 17.0 Å². The maximum atomic E-state index is 12.1. The Labute approximate surface area is 185 Å². The Morgan fingerprint density at radius 3 is 2.55 bits per heavy atom. The van der Waals surface area contributed by atoms with Gasteiger partial charge in [0.1, 0.15) is 17.4 Å². The van der Waals surface area contributed by atoms with Crippen LogP contribution in [0.15, 0.2) is 90.4 Å². The number of ether oxygens (including phenoxy) is 1. The van der Waals surface area contributed by atoms with Crippen LogP contribution in [-0.2, 0) is 17.9 Å². The van der Waals surface area contributed by atoms with Crippen LogP contribution in [0.5, 0.6) is 5.75 Å². The second-order valence-corrected chi connectivity index (χ2v) is 7.60. The molecule has 0 aliphatic carbocycles. The van der Waals surface area contributed by atoms with Gasteiger partial charge < -0.3 is 10.1 Å². The normalized spacial score (nSPS) is 10.8. The summed E-state index contributed by atoms with van der Waals surface area (Å²) < 4.78 is 5.72. The van der Waals surface area contributed by atoms with E-state index in [1.54, 1.807) is 23.6 Å². The second kappa shape index (κ2) is 10.3. The maximum absolute atomic E-state index is 12.1. The summed E-state index contributed by atoms with van der Waals surface area (Å²) in [6, 6.07) is 23.3. The first-order chi connectivity index (χ1) is 15.3. The fraction of sp³-hybridized carbons (Fsp3) is 0.0800. The Kier molecular flexibility index (Phi) is 6.82. The fourth-order valence-electron chi connectivity index (χ4n) is 2.83. The SMILES string of the molecule is O=C(/C=C/c1ccc(OCc2ccccn2)cc1)NCc1csc(-c2ccccc2)n1. The van der Waals surface area contributed by atoms with E-state index in [1.807, 2.05) is 78.2 Å². The van der Waals surface area contributed by atoms with Crippen LogP contribution in [0.25, 0.3) is 16.6 Å². The zero-order valence-electron chi connectivity index (χ0n) is 16.8. The van der Waals surface area contributed by atoms with Crippen LogP contribution in [0.2, 0.25) is 0 Å². The molecule has 4 aromatic rings. The number of aromatic nitrogens is 2. The van der Waals surface area contributed by atoms with Crippen molar-refractivity contribution in [2.45, 2.75) is 13.2 Å². The molecule has 0 aliphatic rings. The zero-order valence-corrected chi connectivity index (χ0v) is 17.6. The van der Waals surface area contributed by atoms with Gasteiger partial charge in [0.25, 0.3) is 0 Å². The van der Waals surface area contributed by atoms with Crippen molar-refractivity contribution in [3.63, 3.8) is 0 Å². The molecule has 0 spiro atoms. The molecule has 1 amide bonds. The van der Waals surface area contributed by atoms with Crippen molar-refractivity contribution < 1.29 is 9.53 Å². The summed E-state index contributed by atoms with van der Waals surface area (Å²) in [4.78, 5) is 21.0. The van der Waals surface area contributed by atoms with E-state index in [-0.39, 0.29) is 5.91 Å². The molecular formula is C25H21N3O2S. The molecule has 0 atom stereocenters. The summed E-state index contributed by atoms with van der Waals surface area (Å²) in [5.74, 6) is 0.592. The number of nitrogens with one attached hydrogen (secondary N) is 1. The van der Waals surface area contributed by atoms with Gasteiger partial charge in [-0.05, 0) is 35.9 Å². The maximum Gasteiger partial charge on any atom is 0.244 e. The number of hydrogen-bond acceptors (Lipinski definition) is 5. The monoisotopic (exact) mass is 427 g/mol. The number of thiazole rings is 1. The Hall–Kier alpha value is -3.77. The number of amides is 1. The van der Waals surface area contributed by atoms with Crippen LogP contribution in [0, 0.1) is 0 Å². The van der Waals surface area contributed by atoms with Gasteiger partial charge in [0.2, 0.25) is 5.91 Å². The van der Waals surface area contributed by atoms with Gasteiger partial charge in [-0.3, -0.25) is 9.78 Å². The Morgan fingerprint density at radius 2 is 1.77 bits per heavy atom. The van der Waals surface area contributed by atoms with Crippen LogP contribution < -0.4 is 10.1 Å². The minimum atomic E-state index is -0.162. The van der Waals surface area contributed by atoms with E-state index in [4.69, 9.17) is 4.74 Å². The van der Waals surface area contributed by atoms with Gasteiger partial charge >= 0.3 is 0 Å². The molecule has 0 saturated heterocycles. The van der Waals surface area contributed by atoms with Crippen LogP contribution in [0.3, 0.4) is 0 Å². The van der Waals surface area contributed by atoms with Crippen molar-refractivity contribution in [1.82, 2.24) is 15.3 Å². The molecule has 2 heterocycles. The number of carbonyl (C=O) groups excluding carboxylic acids is 1. The lowest BCUT2D eigenvalue weighted by Gasteiger charge is -2.05. The molecule has 0 fully saturated rings. The van der Waals surface area contributed by atoms with Crippen molar-refractivity contribution in [2.75, 3.05) is 0 Å². The number of hydrogen-bond donors (Lipinski definition) is 1. The highest BCUT2D eigenvalue weighted by atomic mass is 32.1. The van der Waals surface area contributed by atoms with Gasteiger partial charge in [0, 0.05) is 23.2 Å². The summed E-state index contributed by atoms with van der Waals surface area (Å²) in [5.41, 5.74) is 3.72. The number of benzene rings is 2. The predicted octanol–water partition coefficient (Wildman–Crippen LogP) is 5.11. The average molecular weight is 428 g/mol.